The number of unbranched alkanes of at least 4 members (excludes halogenated alkanes) is 4. The predicted molar refractivity (Wildman–Crippen MR) is 380 cm³/mol. The summed E-state index contributed by atoms with van der Waals surface area (Å²) in [6.45, 7) is 18.3. The van der Waals surface area contributed by atoms with E-state index in [1.165, 1.54) is 9.80 Å². The molecule has 0 bridgehead atoms. The normalized spacial score (nSPS) is 16.3. The highest BCUT2D eigenvalue weighted by atomic mass is 16.5. The fraction of sp³-hybridized carbons (Fsp3) is 0.694. The van der Waals surface area contributed by atoms with Gasteiger partial charge in [0.05, 0.1) is 18.1 Å². The molecule has 2 unspecified atom stereocenters. The third-order valence-corrected chi connectivity index (χ3v) is 17.6. The minimum Gasteiger partial charge on any atom is -0.463 e. The number of urea groups is 3. The van der Waals surface area contributed by atoms with Crippen molar-refractivity contribution in [3.8, 4) is 0 Å². The van der Waals surface area contributed by atoms with E-state index in [1.807, 2.05) is 62.3 Å². The maximum absolute atomic E-state index is 13.4. The molecule has 568 valence electrons. The lowest BCUT2D eigenvalue weighted by Gasteiger charge is -2.24. The molecular weight excluding hydrogens is 1300 g/mol. The lowest BCUT2D eigenvalue weighted by atomic mass is 9.88. The van der Waals surface area contributed by atoms with Crippen LogP contribution >= 0.6 is 0 Å². The number of likely N-dealkylation sites (tertiary alicyclic amines) is 2. The molecule has 2 saturated heterocycles. The third kappa shape index (κ3) is 36.6. The number of nitrogens with one attached hydrogen (secondary N) is 7. The molecule has 0 spiro atoms. The summed E-state index contributed by atoms with van der Waals surface area (Å²) in [5, 5.41) is 18.9. The molecule has 3 rings (SSSR count). The number of nitrogens with zero attached hydrogens (tertiary/aromatic N) is 2. The highest BCUT2D eigenvalue weighted by Gasteiger charge is 2.38. The van der Waals surface area contributed by atoms with Crippen molar-refractivity contribution < 1.29 is 85.6 Å². The molecule has 1 aromatic rings. The van der Waals surface area contributed by atoms with Crippen molar-refractivity contribution in [1.29, 1.82) is 0 Å². The zero-order chi connectivity index (χ0) is 78.6. The first kappa shape index (κ1) is 84.9. The van der Waals surface area contributed by atoms with Gasteiger partial charge in [-0.2, -0.15) is 0 Å². The number of anilines is 1. The van der Waals surface area contributed by atoms with E-state index in [0.717, 1.165) is 0 Å². The number of hydrogen-bond donors (Lipinski definition) is 10. The molecule has 29 nitrogen and oxygen atoms in total. The molecule has 2 aliphatic heterocycles. The first-order valence-electron chi connectivity index (χ1n) is 37.4. The fourth-order valence-corrected chi connectivity index (χ4v) is 11.7. The molecule has 13 amide bonds. The van der Waals surface area contributed by atoms with E-state index in [-0.39, 0.29) is 178 Å². The Morgan fingerprint density at radius 3 is 1.26 bits per heavy atom. The summed E-state index contributed by atoms with van der Waals surface area (Å²) in [7, 11) is 0. The van der Waals surface area contributed by atoms with Gasteiger partial charge in [-0.15, -0.1) is 0 Å². The van der Waals surface area contributed by atoms with Crippen LogP contribution in [-0.2, 0) is 73.7 Å². The average molecular weight is 1430 g/mol. The Balaban J connectivity index is 0.000000830. The van der Waals surface area contributed by atoms with E-state index in [2.05, 4.69) is 42.0 Å². The number of amides is 13. The number of Topliss-reactive ketones (excluding diaryl/α,β-unsaturated/α-hetero) is 5. The number of likely N-dealkylation sites (N-methyl/N-ethyl adjacent to an activating group) is 1. The Hall–Kier alpha value is -8.50. The van der Waals surface area contributed by atoms with Crippen LogP contribution in [0.15, 0.2) is 24.3 Å². The summed E-state index contributed by atoms with van der Waals surface area (Å²) in [4.78, 5) is 196. The predicted octanol–water partition coefficient (Wildman–Crippen LogP) is 6.13. The van der Waals surface area contributed by atoms with E-state index >= 15 is 0 Å². The monoisotopic (exact) mass is 1430 g/mol. The second kappa shape index (κ2) is 49.9. The summed E-state index contributed by atoms with van der Waals surface area (Å²) >= 11 is 0. The van der Waals surface area contributed by atoms with Crippen molar-refractivity contribution in [2.75, 3.05) is 44.6 Å². The lowest BCUT2D eigenvalue weighted by molar-refractivity contribution is -0.141. The molecule has 8 atom stereocenters. The highest BCUT2D eigenvalue weighted by molar-refractivity contribution is 6.04. The smallest absolute Gasteiger partial charge is 0.312 e. The molecule has 0 saturated carbocycles. The summed E-state index contributed by atoms with van der Waals surface area (Å²) in [6, 6.07) is 2.70. The van der Waals surface area contributed by atoms with E-state index < -0.39 is 67.2 Å². The van der Waals surface area contributed by atoms with Crippen LogP contribution in [0.4, 0.5) is 20.1 Å². The van der Waals surface area contributed by atoms with Crippen LogP contribution in [0.3, 0.4) is 0 Å². The molecule has 0 aliphatic carbocycles. The summed E-state index contributed by atoms with van der Waals surface area (Å²) in [5.41, 5.74) is 16.2. The molecule has 1 aromatic carbocycles. The standard InChI is InChI=1S/C32H47N5O8.C25H42N4O6.C15H29N3O3/c1-4-23-18-28(41)37(31(23)43)16-7-5-6-10-27(40)36-29(21(2)3)26(39)17-24(9-8-15-34-32(33)44)30(42)35-25-13-11-22(12-14-25)19-45-20-38;1-5-18-15-22(33)29(24(18)34)13-8-6-7-11-21(32)28-23(16(2)3)20(31)14-19(17(4)30)10-9-12-27-25(26)35;1-5-17-14(10(2)3)13(20)9-12(11(4)19)7-6-8-18-15(16)21/h11-14,20-21,23-24,29H,4-10,15-19H2,1-3H3,(H,35,42)(H,36,40)(H3,33,34,44);16,18-19,23H,5-15H2,1-4H3,(H,28,32)(H3,26,27,35);10,12,14,17H,5-9H2,1-4H3,(H3,16,18,21)/t23?,24-,29+;18?,19-,23+;12-,14+/m111/s1/i20D;2*4D. The molecule has 2 aliphatic rings. The molecule has 29 heteroatoms. The number of carbonyl (C=O) groups excluding carboxylic acids is 16. The quantitative estimate of drug-likeness (QED) is 0.0199. The van der Waals surface area contributed by atoms with Crippen molar-refractivity contribution in [3.05, 3.63) is 29.8 Å². The summed E-state index contributed by atoms with van der Waals surface area (Å²) in [6.07, 6.45) is 7.07. The lowest BCUT2D eigenvalue weighted by Crippen LogP contribution is -2.45. The second-order valence-corrected chi connectivity index (χ2v) is 26.8. The van der Waals surface area contributed by atoms with Crippen LogP contribution in [0.25, 0.3) is 0 Å². The van der Waals surface area contributed by atoms with Crippen LogP contribution in [0.2, 0.25) is 0 Å². The van der Waals surface area contributed by atoms with Gasteiger partial charge in [0.1, 0.15) is 18.2 Å². The van der Waals surface area contributed by atoms with Gasteiger partial charge in [0.25, 0.3) is 6.45 Å². The number of benzene rings is 1. The SMILES string of the molecule is [2H]C(=O)OCc1ccc(NC(=O)[C@H](CCCNC(N)=O)CC(=O)[C@@H](NC(=O)CCCCCN2C(=O)CC(CC)C2=O)C(C)C)cc1.[2H]CC(=O)[C@H](CCCNC(N)=O)CC(=O)[C@@H](NC(=O)CCCCCN1C(=O)CC(CC)C1=O)C(C)C.[2H]CC(=O)[C@H](CCCNC(N)=O)CC(=O)[C@@H](NCC)C(C)C. The zero-order valence-electron chi connectivity index (χ0n) is 63.9. The Morgan fingerprint density at radius 1 is 0.545 bits per heavy atom. The largest absolute Gasteiger partial charge is 0.463 e. The minimum absolute atomic E-state index is 0.00603. The van der Waals surface area contributed by atoms with Gasteiger partial charge in [0.2, 0.25) is 41.4 Å². The van der Waals surface area contributed by atoms with Crippen molar-refractivity contribution in [2.24, 2.45) is 64.5 Å². The van der Waals surface area contributed by atoms with Crippen LogP contribution in [0.5, 0.6) is 0 Å². The van der Waals surface area contributed by atoms with Crippen molar-refractivity contribution in [1.82, 2.24) is 41.7 Å². The van der Waals surface area contributed by atoms with Gasteiger partial charge >= 0.3 is 18.1 Å². The van der Waals surface area contributed by atoms with Crippen LogP contribution in [-0.4, -0.2) is 162 Å². The van der Waals surface area contributed by atoms with Gasteiger partial charge in [-0.05, 0) is 133 Å². The summed E-state index contributed by atoms with van der Waals surface area (Å²) < 4.78 is 26.1. The third-order valence-electron chi connectivity index (χ3n) is 17.6. The number of primary amides is 3. The molecular formula is C72H118N12O17. The molecule has 0 aromatic heterocycles. The Labute approximate surface area is 600 Å². The average Bonchev–Trinajstić information content (AvgIpc) is 1.69. The van der Waals surface area contributed by atoms with Gasteiger partial charge < -0.3 is 59.2 Å². The van der Waals surface area contributed by atoms with Gasteiger partial charge in [0, 0.05) is 116 Å². The first-order valence-corrected chi connectivity index (χ1v) is 35.5. The van der Waals surface area contributed by atoms with Crippen LogP contribution in [0, 0.1) is 47.3 Å². The van der Waals surface area contributed by atoms with Gasteiger partial charge in [-0.25, -0.2) is 14.4 Å². The van der Waals surface area contributed by atoms with E-state index in [4.69, 9.17) is 21.3 Å². The summed E-state index contributed by atoms with van der Waals surface area (Å²) in [5.74, 6) is -5.18. The molecule has 13 N–H and O–H groups in total. The van der Waals surface area contributed by atoms with Crippen molar-refractivity contribution in [2.45, 2.75) is 236 Å². The zero-order valence-corrected chi connectivity index (χ0v) is 60.9. The van der Waals surface area contributed by atoms with Gasteiger partial charge in [-0.3, -0.25) is 72.1 Å². The fourth-order valence-electron chi connectivity index (χ4n) is 11.7. The Morgan fingerprint density at radius 2 is 0.921 bits per heavy atom. The number of carbonyl (C=O) groups is 16. The molecule has 2 heterocycles. The first-order chi connectivity index (χ1) is 49.2. The highest BCUT2D eigenvalue weighted by Crippen LogP contribution is 2.26. The number of ketones is 5. The van der Waals surface area contributed by atoms with Gasteiger partial charge in [-0.1, -0.05) is 87.3 Å². The number of nitrogens with two attached hydrogens (primary N) is 3. The van der Waals surface area contributed by atoms with E-state index in [9.17, 15) is 76.7 Å². The van der Waals surface area contributed by atoms with E-state index in [0.29, 0.717) is 121 Å². The Kier molecular flexibility index (Phi) is 42.0. The maximum atomic E-state index is 13.4. The Bertz CT molecular complexity index is 2990. The van der Waals surface area contributed by atoms with Crippen LogP contribution in [0.1, 0.15) is 221 Å². The molecule has 0 radical (unpaired) electrons. The van der Waals surface area contributed by atoms with E-state index in [1.54, 1.807) is 24.3 Å². The van der Waals surface area contributed by atoms with Crippen molar-refractivity contribution >= 4 is 100 Å². The number of ether oxygens (including phenoxy) is 1. The molecule has 101 heavy (non-hydrogen) atoms. The second-order valence-electron chi connectivity index (χ2n) is 26.8. The molecule has 2 fully saturated rings. The number of rotatable bonds is 48. The number of hydrogen-bond acceptors (Lipinski definition) is 18. The van der Waals surface area contributed by atoms with Crippen LogP contribution < -0.4 is 54.4 Å². The van der Waals surface area contributed by atoms with Gasteiger partial charge in [0.15, 0.2) is 18.7 Å². The maximum Gasteiger partial charge on any atom is 0.312 e. The minimum atomic E-state index is -1.15. The number of imide groups is 2. The van der Waals surface area contributed by atoms with Crippen molar-refractivity contribution in [3.63, 3.8) is 0 Å². The topological polar surface area (TPSA) is 451 Å².